The number of hydrogen-bond donors (Lipinski definition) is 2. The van der Waals surface area contributed by atoms with Crippen LogP contribution < -0.4 is 5.73 Å². The van der Waals surface area contributed by atoms with Gasteiger partial charge in [0.2, 0.25) is 0 Å². The zero-order chi connectivity index (χ0) is 21.6. The Morgan fingerprint density at radius 2 is 1.00 bits per heavy atom. The molecular formula is C24H45NO4. The fourth-order valence-corrected chi connectivity index (χ4v) is 3.64. The van der Waals surface area contributed by atoms with E-state index in [1.165, 1.54) is 77.0 Å². The number of carbonyl (C=O) groups is 3. The lowest BCUT2D eigenvalue weighted by atomic mass is 10.0. The van der Waals surface area contributed by atoms with E-state index >= 15 is 0 Å². The Morgan fingerprint density at radius 3 is 1.34 bits per heavy atom. The molecule has 0 saturated carbocycles. The zero-order valence-electron chi connectivity index (χ0n) is 18.5. The largest absolute Gasteiger partial charge is 0.481 e. The maximum absolute atomic E-state index is 11.8. The quantitative estimate of drug-likeness (QED) is 0.159. The maximum Gasteiger partial charge on any atom is 0.303 e. The normalized spacial score (nSPS) is 12.0. The highest BCUT2D eigenvalue weighted by atomic mass is 16.4. The van der Waals surface area contributed by atoms with E-state index in [2.05, 4.69) is 0 Å². The van der Waals surface area contributed by atoms with Crippen LogP contribution in [-0.2, 0) is 14.4 Å². The van der Waals surface area contributed by atoms with Crippen LogP contribution in [0.15, 0.2) is 0 Å². The van der Waals surface area contributed by atoms with Crippen LogP contribution in [0.2, 0.25) is 0 Å². The summed E-state index contributed by atoms with van der Waals surface area (Å²) in [5.74, 6) is -0.574. The molecule has 0 fully saturated rings. The van der Waals surface area contributed by atoms with Gasteiger partial charge in [-0.2, -0.15) is 0 Å². The smallest absolute Gasteiger partial charge is 0.303 e. The molecule has 0 aromatic heterocycles. The highest BCUT2D eigenvalue weighted by Crippen LogP contribution is 2.14. The molecule has 0 aromatic carbocycles. The molecule has 5 heteroatoms. The number of aldehydes is 1. The number of rotatable bonds is 23. The molecule has 0 amide bonds. The van der Waals surface area contributed by atoms with Crippen molar-refractivity contribution in [1.82, 2.24) is 0 Å². The van der Waals surface area contributed by atoms with E-state index in [0.29, 0.717) is 25.7 Å². The Morgan fingerprint density at radius 1 is 0.655 bits per heavy atom. The predicted molar refractivity (Wildman–Crippen MR) is 119 cm³/mol. The van der Waals surface area contributed by atoms with Crippen molar-refractivity contribution in [2.24, 2.45) is 5.73 Å². The molecule has 0 spiro atoms. The third-order valence-corrected chi connectivity index (χ3v) is 5.57. The second-order valence-electron chi connectivity index (χ2n) is 8.37. The summed E-state index contributed by atoms with van der Waals surface area (Å²) in [6.45, 7) is 0. The van der Waals surface area contributed by atoms with Crippen LogP contribution in [-0.4, -0.2) is 29.2 Å². The van der Waals surface area contributed by atoms with Gasteiger partial charge in [0, 0.05) is 19.3 Å². The number of carboxylic acid groups (broad SMARTS) is 1. The molecule has 29 heavy (non-hydrogen) atoms. The topological polar surface area (TPSA) is 97.5 Å². The summed E-state index contributed by atoms with van der Waals surface area (Å²) in [7, 11) is 0. The van der Waals surface area contributed by atoms with Crippen molar-refractivity contribution >= 4 is 18.0 Å². The highest BCUT2D eigenvalue weighted by Gasteiger charge is 2.11. The Labute approximate surface area is 178 Å². The fourth-order valence-electron chi connectivity index (χ4n) is 3.64. The lowest BCUT2D eigenvalue weighted by Gasteiger charge is -2.08. The van der Waals surface area contributed by atoms with Crippen LogP contribution in [0.25, 0.3) is 0 Å². The van der Waals surface area contributed by atoms with E-state index in [9.17, 15) is 14.4 Å². The van der Waals surface area contributed by atoms with Gasteiger partial charge in [0.15, 0.2) is 0 Å². The van der Waals surface area contributed by atoms with Gasteiger partial charge in [0.05, 0.1) is 6.04 Å². The van der Waals surface area contributed by atoms with Crippen molar-refractivity contribution in [2.75, 3.05) is 0 Å². The first-order valence-electron chi connectivity index (χ1n) is 12.0. The molecule has 0 rings (SSSR count). The molecule has 5 nitrogen and oxygen atoms in total. The summed E-state index contributed by atoms with van der Waals surface area (Å²) in [4.78, 5) is 32.5. The van der Waals surface area contributed by atoms with E-state index < -0.39 is 12.0 Å². The van der Waals surface area contributed by atoms with Crippen molar-refractivity contribution in [3.63, 3.8) is 0 Å². The van der Waals surface area contributed by atoms with Crippen molar-refractivity contribution in [2.45, 2.75) is 134 Å². The van der Waals surface area contributed by atoms with Crippen LogP contribution in [0.3, 0.4) is 0 Å². The monoisotopic (exact) mass is 411 g/mol. The minimum atomic E-state index is -0.676. The van der Waals surface area contributed by atoms with Gasteiger partial charge in [-0.25, -0.2) is 0 Å². The van der Waals surface area contributed by atoms with Crippen LogP contribution in [0.5, 0.6) is 0 Å². The molecule has 0 heterocycles. The minimum absolute atomic E-state index is 0.102. The van der Waals surface area contributed by atoms with Gasteiger partial charge >= 0.3 is 5.97 Å². The van der Waals surface area contributed by atoms with Gasteiger partial charge < -0.3 is 15.6 Å². The van der Waals surface area contributed by atoms with Crippen molar-refractivity contribution < 1.29 is 19.5 Å². The molecule has 3 N–H and O–H groups in total. The third kappa shape index (κ3) is 21.3. The summed E-state index contributed by atoms with van der Waals surface area (Å²) < 4.78 is 0. The maximum atomic E-state index is 11.8. The van der Waals surface area contributed by atoms with Gasteiger partial charge in [0.1, 0.15) is 12.1 Å². The summed E-state index contributed by atoms with van der Waals surface area (Å²) >= 11 is 0. The molecule has 1 unspecified atom stereocenters. The van der Waals surface area contributed by atoms with E-state index in [4.69, 9.17) is 10.8 Å². The number of carboxylic acids is 1. The average Bonchev–Trinajstić information content (AvgIpc) is 2.70. The number of hydrogen-bond acceptors (Lipinski definition) is 4. The lowest BCUT2D eigenvalue weighted by Crippen LogP contribution is -2.30. The lowest BCUT2D eigenvalue weighted by molar-refractivity contribution is -0.137. The number of unbranched alkanes of at least 4 members (excludes halogenated alkanes) is 15. The number of carbonyl (C=O) groups excluding carboxylic acids is 2. The van der Waals surface area contributed by atoms with Crippen molar-refractivity contribution in [3.8, 4) is 0 Å². The van der Waals surface area contributed by atoms with Gasteiger partial charge in [0.25, 0.3) is 0 Å². The van der Waals surface area contributed by atoms with Crippen LogP contribution in [0, 0.1) is 0 Å². The Kier molecular flexibility index (Phi) is 20.6. The summed E-state index contributed by atoms with van der Waals surface area (Å²) in [6.07, 6.45) is 21.9. The molecule has 0 aliphatic rings. The van der Waals surface area contributed by atoms with Gasteiger partial charge in [-0.05, 0) is 19.3 Å². The molecule has 1 atom stereocenters. The molecule has 0 radical (unpaired) electrons. The van der Waals surface area contributed by atoms with E-state index in [-0.39, 0.29) is 5.78 Å². The summed E-state index contributed by atoms with van der Waals surface area (Å²) in [5, 5.41) is 8.57. The minimum Gasteiger partial charge on any atom is -0.481 e. The third-order valence-electron chi connectivity index (χ3n) is 5.57. The van der Waals surface area contributed by atoms with Crippen LogP contribution in [0.4, 0.5) is 0 Å². The summed E-state index contributed by atoms with van der Waals surface area (Å²) in [6, 6.07) is -0.455. The van der Waals surface area contributed by atoms with E-state index in [1.54, 1.807) is 0 Å². The Hall–Kier alpha value is -1.23. The average molecular weight is 412 g/mol. The zero-order valence-corrected chi connectivity index (χ0v) is 18.5. The molecule has 0 aliphatic carbocycles. The first-order chi connectivity index (χ1) is 14.1. The molecule has 0 bridgehead atoms. The van der Waals surface area contributed by atoms with Crippen molar-refractivity contribution in [3.05, 3.63) is 0 Å². The first kappa shape index (κ1) is 27.8. The number of nitrogens with two attached hydrogens (primary N) is 1. The molecular weight excluding hydrogens is 366 g/mol. The summed E-state index contributed by atoms with van der Waals surface area (Å²) in [5.41, 5.74) is 5.76. The Balaban J connectivity index is 3.18. The molecule has 0 aliphatic heterocycles. The predicted octanol–water partition coefficient (Wildman–Crippen LogP) is 5.97. The van der Waals surface area contributed by atoms with Crippen molar-refractivity contribution in [1.29, 1.82) is 0 Å². The Bertz CT molecular complexity index is 412. The van der Waals surface area contributed by atoms with Gasteiger partial charge in [-0.15, -0.1) is 0 Å². The SMILES string of the molecule is NC(CCC=O)C(=O)CCCCCCCCCCCCCCCCCCC(=O)O. The van der Waals surface area contributed by atoms with Gasteiger partial charge in [-0.3, -0.25) is 9.59 Å². The molecule has 0 saturated heterocycles. The number of ketones is 1. The number of aliphatic carboxylic acids is 1. The second-order valence-corrected chi connectivity index (χ2v) is 8.37. The highest BCUT2D eigenvalue weighted by molar-refractivity contribution is 5.83. The number of Topliss-reactive ketones (excluding diaryl/α,β-unsaturated/α-hetero) is 1. The standard InChI is InChI=1S/C24H45NO4/c25-22(18-17-21-26)23(27)19-15-13-11-9-7-5-3-1-2-4-6-8-10-12-14-16-20-24(28)29/h21-22H,1-20,25H2,(H,28,29). The molecule has 0 aromatic rings. The molecule has 170 valence electrons. The van der Waals surface area contributed by atoms with Crippen LogP contribution >= 0.6 is 0 Å². The second kappa shape index (κ2) is 21.5. The van der Waals surface area contributed by atoms with E-state index in [0.717, 1.165) is 32.0 Å². The van der Waals surface area contributed by atoms with E-state index in [1.807, 2.05) is 0 Å². The fraction of sp³-hybridized carbons (Fsp3) is 0.875. The van der Waals surface area contributed by atoms with Gasteiger partial charge in [-0.1, -0.05) is 89.9 Å². The van der Waals surface area contributed by atoms with Crippen LogP contribution in [0.1, 0.15) is 128 Å². The first-order valence-corrected chi connectivity index (χ1v) is 12.0.